The Morgan fingerprint density at radius 3 is 2.61 bits per heavy atom. The smallest absolute Gasteiger partial charge is 0.311 e. The van der Waals surface area contributed by atoms with Gasteiger partial charge in [0.15, 0.2) is 0 Å². The fourth-order valence-corrected chi connectivity index (χ4v) is 2.77. The topological polar surface area (TPSA) is 49.3 Å². The number of hydrogen-bond donors (Lipinski definition) is 2. The Kier molecular flexibility index (Phi) is 3.09. The van der Waals surface area contributed by atoms with Crippen LogP contribution in [0.15, 0.2) is 18.2 Å². The van der Waals surface area contributed by atoms with Gasteiger partial charge in [0, 0.05) is 12.2 Å². The van der Waals surface area contributed by atoms with Crippen molar-refractivity contribution in [2.45, 2.75) is 33.6 Å². The second-order valence-electron chi connectivity index (χ2n) is 6.26. The minimum atomic E-state index is -0.719. The summed E-state index contributed by atoms with van der Waals surface area (Å²) < 4.78 is 0. The zero-order valence-electron chi connectivity index (χ0n) is 11.4. The highest BCUT2D eigenvalue weighted by Crippen LogP contribution is 2.44. The Hall–Kier alpha value is -1.51. The molecule has 2 N–H and O–H groups in total. The van der Waals surface area contributed by atoms with Gasteiger partial charge in [-0.25, -0.2) is 0 Å². The Bertz CT molecular complexity index is 474. The number of benzene rings is 1. The highest BCUT2D eigenvalue weighted by molar-refractivity contribution is 5.81. The molecule has 0 fully saturated rings. The lowest BCUT2D eigenvalue weighted by molar-refractivity contribution is -0.141. The van der Waals surface area contributed by atoms with E-state index in [-0.39, 0.29) is 11.3 Å². The predicted molar refractivity (Wildman–Crippen MR) is 73.0 cm³/mol. The van der Waals surface area contributed by atoms with Crippen LogP contribution in [0.5, 0.6) is 0 Å². The number of aryl methyl sites for hydroxylation is 1. The van der Waals surface area contributed by atoms with Crippen LogP contribution in [0.1, 0.15) is 37.8 Å². The lowest BCUT2D eigenvalue weighted by Gasteiger charge is -2.40. The van der Waals surface area contributed by atoms with Gasteiger partial charge in [-0.15, -0.1) is 0 Å². The summed E-state index contributed by atoms with van der Waals surface area (Å²) in [6.45, 7) is 9.04. The van der Waals surface area contributed by atoms with E-state index >= 15 is 0 Å². The molecule has 0 saturated carbocycles. The molecule has 0 bridgehead atoms. The fourth-order valence-electron chi connectivity index (χ4n) is 2.77. The SMILES string of the molecule is Cc1ccc2c(c1)C(C(=O)O)C(C(C)(C)C)CN2. The summed E-state index contributed by atoms with van der Waals surface area (Å²) >= 11 is 0. The maximum absolute atomic E-state index is 11.7. The molecule has 1 aliphatic heterocycles. The lowest BCUT2D eigenvalue weighted by Crippen LogP contribution is -2.40. The Morgan fingerprint density at radius 2 is 2.06 bits per heavy atom. The zero-order valence-corrected chi connectivity index (χ0v) is 11.4. The van der Waals surface area contributed by atoms with Gasteiger partial charge < -0.3 is 10.4 Å². The van der Waals surface area contributed by atoms with E-state index in [4.69, 9.17) is 0 Å². The van der Waals surface area contributed by atoms with Crippen LogP contribution in [0.25, 0.3) is 0 Å². The molecule has 3 nitrogen and oxygen atoms in total. The van der Waals surface area contributed by atoms with Gasteiger partial charge in [0.25, 0.3) is 0 Å². The maximum Gasteiger partial charge on any atom is 0.311 e. The van der Waals surface area contributed by atoms with E-state index in [9.17, 15) is 9.90 Å². The van der Waals surface area contributed by atoms with Gasteiger partial charge in [-0.2, -0.15) is 0 Å². The summed E-state index contributed by atoms with van der Waals surface area (Å²) in [6.07, 6.45) is 0. The van der Waals surface area contributed by atoms with Gasteiger partial charge in [-0.3, -0.25) is 4.79 Å². The fraction of sp³-hybridized carbons (Fsp3) is 0.533. The van der Waals surface area contributed by atoms with Crippen LogP contribution < -0.4 is 5.32 Å². The van der Waals surface area contributed by atoms with Gasteiger partial charge in [-0.1, -0.05) is 38.5 Å². The Morgan fingerprint density at radius 1 is 1.39 bits per heavy atom. The monoisotopic (exact) mass is 247 g/mol. The number of hydrogen-bond acceptors (Lipinski definition) is 2. The number of carboxylic acid groups (broad SMARTS) is 1. The van der Waals surface area contributed by atoms with Crippen molar-refractivity contribution in [3.05, 3.63) is 29.3 Å². The molecule has 18 heavy (non-hydrogen) atoms. The van der Waals surface area contributed by atoms with E-state index in [2.05, 4.69) is 26.1 Å². The molecule has 2 unspecified atom stereocenters. The summed E-state index contributed by atoms with van der Waals surface area (Å²) in [5.74, 6) is -1.03. The van der Waals surface area contributed by atoms with E-state index in [0.717, 1.165) is 23.4 Å². The van der Waals surface area contributed by atoms with Crippen molar-refractivity contribution in [2.75, 3.05) is 11.9 Å². The number of aliphatic carboxylic acids is 1. The van der Waals surface area contributed by atoms with Crippen molar-refractivity contribution in [3.8, 4) is 0 Å². The van der Waals surface area contributed by atoms with Crippen LogP contribution in [-0.4, -0.2) is 17.6 Å². The quantitative estimate of drug-likeness (QED) is 0.801. The van der Waals surface area contributed by atoms with Crippen molar-refractivity contribution in [1.82, 2.24) is 0 Å². The number of nitrogens with one attached hydrogen (secondary N) is 1. The summed E-state index contributed by atoms with van der Waals surface area (Å²) in [6, 6.07) is 6.00. The molecule has 1 aromatic carbocycles. The van der Waals surface area contributed by atoms with E-state index in [1.165, 1.54) is 0 Å². The normalized spacial score (nSPS) is 23.1. The Balaban J connectivity index is 2.51. The van der Waals surface area contributed by atoms with Crippen molar-refractivity contribution in [3.63, 3.8) is 0 Å². The standard InChI is InChI=1S/C15H21NO2/c1-9-5-6-12-10(7-9)13(14(17)18)11(8-16-12)15(2,3)4/h5-7,11,13,16H,8H2,1-4H3,(H,17,18). The van der Waals surface area contributed by atoms with Crippen molar-refractivity contribution >= 4 is 11.7 Å². The molecule has 98 valence electrons. The third-order valence-electron chi connectivity index (χ3n) is 3.84. The van der Waals surface area contributed by atoms with Crippen molar-refractivity contribution in [2.24, 2.45) is 11.3 Å². The molecule has 0 amide bonds. The molecule has 0 radical (unpaired) electrons. The molecule has 2 rings (SSSR count). The molecule has 1 heterocycles. The summed E-state index contributed by atoms with van der Waals surface area (Å²) in [5.41, 5.74) is 2.97. The first kappa shape index (κ1) is 12.9. The van der Waals surface area contributed by atoms with E-state index in [1.807, 2.05) is 25.1 Å². The average molecular weight is 247 g/mol. The van der Waals surface area contributed by atoms with E-state index < -0.39 is 11.9 Å². The molecule has 0 aliphatic carbocycles. The Labute approximate surface area is 108 Å². The van der Waals surface area contributed by atoms with Gasteiger partial charge in [0.1, 0.15) is 0 Å². The third kappa shape index (κ3) is 2.22. The van der Waals surface area contributed by atoms with Gasteiger partial charge in [0.2, 0.25) is 0 Å². The molecule has 0 spiro atoms. The van der Waals surface area contributed by atoms with Crippen molar-refractivity contribution in [1.29, 1.82) is 0 Å². The number of anilines is 1. The van der Waals surface area contributed by atoms with E-state index in [1.54, 1.807) is 0 Å². The highest BCUT2D eigenvalue weighted by Gasteiger charge is 2.41. The first-order valence-electron chi connectivity index (χ1n) is 6.38. The molecule has 0 saturated heterocycles. The van der Waals surface area contributed by atoms with Gasteiger partial charge >= 0.3 is 5.97 Å². The van der Waals surface area contributed by atoms with Crippen molar-refractivity contribution < 1.29 is 9.90 Å². The number of carbonyl (C=O) groups is 1. The van der Waals surface area contributed by atoms with Crippen LogP contribution in [0, 0.1) is 18.3 Å². The molecule has 0 aromatic heterocycles. The third-order valence-corrected chi connectivity index (χ3v) is 3.84. The van der Waals surface area contributed by atoms with Gasteiger partial charge in [-0.05, 0) is 29.9 Å². The second kappa shape index (κ2) is 4.30. The maximum atomic E-state index is 11.7. The van der Waals surface area contributed by atoms with Gasteiger partial charge in [0.05, 0.1) is 5.92 Å². The van der Waals surface area contributed by atoms with E-state index in [0.29, 0.717) is 0 Å². The average Bonchev–Trinajstić information content (AvgIpc) is 2.25. The molecule has 3 heteroatoms. The van der Waals surface area contributed by atoms with Crippen LogP contribution in [0.2, 0.25) is 0 Å². The molecular formula is C15H21NO2. The number of rotatable bonds is 1. The minimum absolute atomic E-state index is 0.0303. The first-order valence-corrected chi connectivity index (χ1v) is 6.38. The number of carboxylic acids is 1. The predicted octanol–water partition coefficient (Wildman–Crippen LogP) is 3.25. The summed E-state index contributed by atoms with van der Waals surface area (Å²) in [7, 11) is 0. The van der Waals surface area contributed by atoms with Crippen LogP contribution in [-0.2, 0) is 4.79 Å². The molecule has 1 aromatic rings. The summed E-state index contributed by atoms with van der Waals surface area (Å²) in [5, 5.41) is 12.9. The minimum Gasteiger partial charge on any atom is -0.481 e. The first-order chi connectivity index (χ1) is 8.30. The lowest BCUT2D eigenvalue weighted by atomic mass is 9.68. The molecule has 1 aliphatic rings. The van der Waals surface area contributed by atoms with Crippen LogP contribution >= 0.6 is 0 Å². The largest absolute Gasteiger partial charge is 0.481 e. The van der Waals surface area contributed by atoms with Crippen LogP contribution in [0.4, 0.5) is 5.69 Å². The number of fused-ring (bicyclic) bond motifs is 1. The van der Waals surface area contributed by atoms with Crippen LogP contribution in [0.3, 0.4) is 0 Å². The second-order valence-corrected chi connectivity index (χ2v) is 6.26. The molecular weight excluding hydrogens is 226 g/mol. The zero-order chi connectivity index (χ0) is 13.5. The summed E-state index contributed by atoms with van der Waals surface area (Å²) in [4.78, 5) is 11.7. The molecule has 2 atom stereocenters. The highest BCUT2D eigenvalue weighted by atomic mass is 16.4.